The molecule has 7 nitrogen and oxygen atoms in total. The number of benzene rings is 1. The predicted octanol–water partition coefficient (Wildman–Crippen LogP) is 5.74. The number of hydrogen-bond acceptors (Lipinski definition) is 6. The lowest BCUT2D eigenvalue weighted by atomic mass is 9.77. The van der Waals surface area contributed by atoms with Gasteiger partial charge in [-0.1, -0.05) is 6.07 Å². The molecule has 0 N–H and O–H groups in total. The van der Waals surface area contributed by atoms with Gasteiger partial charge in [0.05, 0.1) is 12.2 Å². The number of esters is 1. The first-order valence-corrected chi connectivity index (χ1v) is 13.9. The molecule has 6 atom stereocenters. The molecule has 4 fully saturated rings. The molecule has 2 aromatic heterocycles. The number of hydrogen-bond donors (Lipinski definition) is 0. The predicted molar refractivity (Wildman–Crippen MR) is 140 cm³/mol. The number of pyridine rings is 1. The van der Waals surface area contributed by atoms with Crippen molar-refractivity contribution in [2.75, 3.05) is 0 Å². The molecule has 5 aliphatic rings. The van der Waals surface area contributed by atoms with Crippen molar-refractivity contribution in [3.63, 3.8) is 0 Å². The van der Waals surface area contributed by atoms with Crippen LogP contribution in [-0.4, -0.2) is 32.2 Å². The SMILES string of the molecule is CC(C)(C)OC(=O)[C@H]1C[C@@H]2C[C@@H](Oc3ccc4c(n3)OCc3cc(-n5ccnc5)ccc3-4)CC34CC3C14C2. The number of fused-ring (bicyclic) bond motifs is 4. The summed E-state index contributed by atoms with van der Waals surface area (Å²) in [7, 11) is 0. The lowest BCUT2D eigenvalue weighted by molar-refractivity contribution is -0.163. The van der Waals surface area contributed by atoms with Gasteiger partial charge in [0.1, 0.15) is 18.3 Å². The molecular weight excluding hydrogens is 478 g/mol. The van der Waals surface area contributed by atoms with Gasteiger partial charge in [-0.3, -0.25) is 4.79 Å². The Morgan fingerprint density at radius 3 is 2.76 bits per heavy atom. The zero-order chi connectivity index (χ0) is 25.9. The van der Waals surface area contributed by atoms with Crippen molar-refractivity contribution in [1.82, 2.24) is 14.5 Å². The minimum atomic E-state index is -0.429. The number of aromatic nitrogens is 3. The smallest absolute Gasteiger partial charge is 0.310 e. The van der Waals surface area contributed by atoms with Crippen LogP contribution < -0.4 is 9.47 Å². The molecule has 2 spiro atoms. The Morgan fingerprint density at radius 2 is 1.97 bits per heavy atom. The molecule has 3 heterocycles. The van der Waals surface area contributed by atoms with Crippen LogP contribution in [0.25, 0.3) is 16.8 Å². The third-order valence-electron chi connectivity index (χ3n) is 9.91. The van der Waals surface area contributed by atoms with E-state index >= 15 is 0 Å². The number of nitrogens with zero attached hydrogens (tertiary/aromatic N) is 3. The number of ether oxygens (including phenoxy) is 3. The summed E-state index contributed by atoms with van der Waals surface area (Å²) >= 11 is 0. The Balaban J connectivity index is 1.000. The van der Waals surface area contributed by atoms with Crippen molar-refractivity contribution < 1.29 is 19.0 Å². The van der Waals surface area contributed by atoms with E-state index in [2.05, 4.69) is 29.2 Å². The second kappa shape index (κ2) is 7.39. The molecule has 4 saturated carbocycles. The Hall–Kier alpha value is -3.35. The van der Waals surface area contributed by atoms with Crippen LogP contribution in [0.1, 0.15) is 58.4 Å². The van der Waals surface area contributed by atoms with Crippen LogP contribution >= 0.6 is 0 Å². The summed E-state index contributed by atoms with van der Waals surface area (Å²) in [6, 6.07) is 10.4. The minimum absolute atomic E-state index is 0.0249. The molecular formula is C31H33N3O4. The second-order valence-electron chi connectivity index (χ2n) is 13.1. The van der Waals surface area contributed by atoms with Gasteiger partial charge < -0.3 is 18.8 Å². The molecule has 0 radical (unpaired) electrons. The largest absolute Gasteiger partial charge is 0.474 e. The molecule has 0 saturated heterocycles. The topological polar surface area (TPSA) is 75.5 Å². The third kappa shape index (κ3) is 3.17. The van der Waals surface area contributed by atoms with Gasteiger partial charge in [0.2, 0.25) is 11.8 Å². The summed E-state index contributed by atoms with van der Waals surface area (Å²) in [5.41, 5.74) is 4.36. The highest BCUT2D eigenvalue weighted by Gasteiger charge is 2.92. The number of carbonyl (C=O) groups excluding carboxylic acids is 1. The summed E-state index contributed by atoms with van der Waals surface area (Å²) < 4.78 is 20.5. The van der Waals surface area contributed by atoms with Gasteiger partial charge in [0.15, 0.2) is 0 Å². The highest BCUT2D eigenvalue weighted by atomic mass is 16.6. The monoisotopic (exact) mass is 511 g/mol. The lowest BCUT2D eigenvalue weighted by Gasteiger charge is -2.32. The van der Waals surface area contributed by atoms with Crippen molar-refractivity contribution in [3.8, 4) is 28.6 Å². The number of carbonyl (C=O) groups is 1. The molecule has 4 aliphatic carbocycles. The fourth-order valence-corrected chi connectivity index (χ4v) is 8.40. The van der Waals surface area contributed by atoms with E-state index in [-0.39, 0.29) is 28.8 Å². The van der Waals surface area contributed by atoms with E-state index < -0.39 is 5.60 Å². The fraction of sp³-hybridized carbons (Fsp3) is 0.516. The molecule has 7 heteroatoms. The molecule has 2 bridgehead atoms. The summed E-state index contributed by atoms with van der Waals surface area (Å²) in [5, 5.41) is 0. The van der Waals surface area contributed by atoms with E-state index in [4.69, 9.17) is 19.2 Å². The maximum atomic E-state index is 13.1. The average Bonchev–Trinajstić information content (AvgIpc) is 3.46. The Kier molecular flexibility index (Phi) is 4.40. The third-order valence-corrected chi connectivity index (χ3v) is 9.91. The normalized spacial score (nSPS) is 33.6. The van der Waals surface area contributed by atoms with Crippen molar-refractivity contribution in [3.05, 3.63) is 54.6 Å². The summed E-state index contributed by atoms with van der Waals surface area (Å²) in [6.07, 6.45) is 11.0. The second-order valence-corrected chi connectivity index (χ2v) is 13.1. The summed E-state index contributed by atoms with van der Waals surface area (Å²) in [5.74, 6) is 2.54. The van der Waals surface area contributed by atoms with Crippen LogP contribution in [0.3, 0.4) is 0 Å². The van der Waals surface area contributed by atoms with Crippen molar-refractivity contribution in [2.45, 2.75) is 71.2 Å². The first-order chi connectivity index (χ1) is 18.3. The average molecular weight is 512 g/mol. The first-order valence-electron chi connectivity index (χ1n) is 13.9. The van der Waals surface area contributed by atoms with Crippen molar-refractivity contribution in [2.24, 2.45) is 28.6 Å². The van der Waals surface area contributed by atoms with Crippen LogP contribution in [0.2, 0.25) is 0 Å². The molecule has 196 valence electrons. The fourth-order valence-electron chi connectivity index (χ4n) is 8.40. The quantitative estimate of drug-likeness (QED) is 0.416. The molecule has 0 amide bonds. The van der Waals surface area contributed by atoms with E-state index in [0.717, 1.165) is 48.1 Å². The van der Waals surface area contributed by atoms with Crippen LogP contribution in [0.15, 0.2) is 49.1 Å². The zero-order valence-electron chi connectivity index (χ0n) is 22.1. The number of imidazole rings is 1. The first kappa shape index (κ1) is 22.6. The van der Waals surface area contributed by atoms with Crippen molar-refractivity contribution >= 4 is 5.97 Å². The minimum Gasteiger partial charge on any atom is -0.474 e. The molecule has 3 aromatic rings. The van der Waals surface area contributed by atoms with E-state index in [9.17, 15) is 4.79 Å². The highest BCUT2D eigenvalue weighted by Crippen LogP contribution is 2.96. The van der Waals surface area contributed by atoms with Crippen LogP contribution in [0.4, 0.5) is 0 Å². The van der Waals surface area contributed by atoms with Gasteiger partial charge in [0.25, 0.3) is 0 Å². The molecule has 38 heavy (non-hydrogen) atoms. The Morgan fingerprint density at radius 1 is 1.11 bits per heavy atom. The van der Waals surface area contributed by atoms with Gasteiger partial charge in [-0.15, -0.1) is 0 Å². The molecule has 3 unspecified atom stereocenters. The number of rotatable bonds is 4. The maximum Gasteiger partial charge on any atom is 0.310 e. The molecule has 1 aliphatic heterocycles. The maximum absolute atomic E-state index is 13.1. The standard InChI is InChI=1S/C31H33N3O4/c1-29(2,3)38-28(35)24-11-18-10-21(14-30-15-25(30)31(24,30)13-18)37-26-7-6-23-22-5-4-20(34-9-8-32-17-34)12-19(22)16-36-27(23)33-26/h4-9,12,17-18,21,24-25H,10-11,13-16H2,1-3H3/t18-,21+,24+,25?,30?,31?/m0/s1. The van der Waals surface area contributed by atoms with Crippen LogP contribution in [-0.2, 0) is 16.1 Å². The van der Waals surface area contributed by atoms with Crippen LogP contribution in [0.5, 0.6) is 11.8 Å². The van der Waals surface area contributed by atoms with Gasteiger partial charge in [0, 0.05) is 29.7 Å². The van der Waals surface area contributed by atoms with Gasteiger partial charge in [-0.2, -0.15) is 4.98 Å². The van der Waals surface area contributed by atoms with Crippen molar-refractivity contribution in [1.29, 1.82) is 0 Å². The van der Waals surface area contributed by atoms with Gasteiger partial charge >= 0.3 is 5.97 Å². The Labute approximate surface area is 222 Å². The van der Waals surface area contributed by atoms with E-state index in [1.54, 1.807) is 12.5 Å². The van der Waals surface area contributed by atoms with Gasteiger partial charge in [-0.05, 0) is 105 Å². The van der Waals surface area contributed by atoms with E-state index in [1.165, 1.54) is 6.42 Å². The Bertz CT molecular complexity index is 1460. The summed E-state index contributed by atoms with van der Waals surface area (Å²) in [4.78, 5) is 22.0. The summed E-state index contributed by atoms with van der Waals surface area (Å²) in [6.45, 7) is 6.38. The van der Waals surface area contributed by atoms with E-state index in [1.807, 2.05) is 37.6 Å². The molecule has 1 aromatic carbocycles. The highest BCUT2D eigenvalue weighted by molar-refractivity contribution is 5.77. The zero-order valence-corrected chi connectivity index (χ0v) is 22.1. The molecule has 8 rings (SSSR count). The van der Waals surface area contributed by atoms with Gasteiger partial charge in [-0.25, -0.2) is 4.98 Å². The van der Waals surface area contributed by atoms with E-state index in [0.29, 0.717) is 30.2 Å². The lowest BCUT2D eigenvalue weighted by Crippen LogP contribution is -2.36. The van der Waals surface area contributed by atoms with Crippen LogP contribution in [0, 0.1) is 28.6 Å².